The van der Waals surface area contributed by atoms with Crippen LogP contribution in [0.3, 0.4) is 0 Å². The molecule has 0 bridgehead atoms. The number of hydrogen-bond acceptors (Lipinski definition) is 10. The summed E-state index contributed by atoms with van der Waals surface area (Å²) in [6.07, 6.45) is 3.68. The molecule has 0 unspecified atom stereocenters. The molecule has 16 heteroatoms. The lowest BCUT2D eigenvalue weighted by atomic mass is 10.0. The minimum absolute atomic E-state index is 0.0211. The van der Waals surface area contributed by atoms with Crippen molar-refractivity contribution < 1.29 is 48.1 Å². The topological polar surface area (TPSA) is 236 Å². The van der Waals surface area contributed by atoms with Crippen molar-refractivity contribution in [1.29, 1.82) is 0 Å². The number of rotatable bonds is 19. The van der Waals surface area contributed by atoms with Crippen molar-refractivity contribution in [3.05, 3.63) is 66.2 Å². The second-order valence-electron chi connectivity index (χ2n) is 12.1. The standard InChI is InChI=1S/C35H44N6O10/c1-22(2)31(40-28(43)8-4-3-5-20-41-29(44)17-18-30(41)45)33(47)39-27(7-6-19-37-34(36)48)32(46)38-24-11-9-23(10-12-24)21-50-35(49)51-26-15-13-25(42)14-16-26/h9-18,22,27,31,42H,3-8,19-21H2,1-2H3,(H,38,46)(H,39,47)(H,40,43)(H3,36,37,48)/t27-,31-/m1/s1. The van der Waals surface area contributed by atoms with Crippen molar-refractivity contribution >= 4 is 47.4 Å². The van der Waals surface area contributed by atoms with E-state index in [1.54, 1.807) is 38.1 Å². The number of nitrogens with zero attached hydrogens (tertiary/aromatic N) is 1. The second-order valence-corrected chi connectivity index (χ2v) is 12.1. The summed E-state index contributed by atoms with van der Waals surface area (Å²) >= 11 is 0. The zero-order valence-corrected chi connectivity index (χ0v) is 28.5. The number of phenolic OH excluding ortho intramolecular Hbond substituents is 1. The Kier molecular flexibility index (Phi) is 15.4. The highest BCUT2D eigenvalue weighted by atomic mass is 16.7. The number of ether oxygens (including phenoxy) is 2. The number of carbonyl (C=O) groups excluding carboxylic acids is 7. The van der Waals surface area contributed by atoms with Crippen molar-refractivity contribution in [2.24, 2.45) is 11.7 Å². The van der Waals surface area contributed by atoms with Gasteiger partial charge in [-0.15, -0.1) is 0 Å². The van der Waals surface area contributed by atoms with Gasteiger partial charge in [0.05, 0.1) is 0 Å². The van der Waals surface area contributed by atoms with Gasteiger partial charge in [-0.2, -0.15) is 0 Å². The molecule has 7 N–H and O–H groups in total. The first kappa shape index (κ1) is 39.5. The number of phenols is 1. The molecule has 2 atom stereocenters. The molecule has 0 fully saturated rings. The Balaban J connectivity index is 1.52. The first-order valence-electron chi connectivity index (χ1n) is 16.5. The number of amides is 7. The van der Waals surface area contributed by atoms with Gasteiger partial charge in [-0.05, 0) is 73.6 Å². The number of urea groups is 1. The summed E-state index contributed by atoms with van der Waals surface area (Å²) in [5.74, 6) is -2.27. The quantitative estimate of drug-likeness (QED) is 0.0540. The van der Waals surface area contributed by atoms with E-state index in [-0.39, 0.29) is 67.7 Å². The molecule has 2 aromatic carbocycles. The lowest BCUT2D eigenvalue weighted by Crippen LogP contribution is -2.54. The molecule has 1 aliphatic heterocycles. The van der Waals surface area contributed by atoms with E-state index in [4.69, 9.17) is 15.2 Å². The molecule has 16 nitrogen and oxygen atoms in total. The van der Waals surface area contributed by atoms with Gasteiger partial charge in [0.1, 0.15) is 30.2 Å². The van der Waals surface area contributed by atoms with E-state index < -0.39 is 36.1 Å². The predicted octanol–water partition coefficient (Wildman–Crippen LogP) is 2.61. The molecule has 0 saturated heterocycles. The minimum atomic E-state index is -1.03. The third kappa shape index (κ3) is 13.8. The summed E-state index contributed by atoms with van der Waals surface area (Å²) < 4.78 is 10.2. The van der Waals surface area contributed by atoms with Gasteiger partial charge in [-0.3, -0.25) is 28.9 Å². The fourth-order valence-electron chi connectivity index (χ4n) is 4.91. The molecular weight excluding hydrogens is 664 g/mol. The highest BCUT2D eigenvalue weighted by Gasteiger charge is 2.29. The molecule has 0 aromatic heterocycles. The fourth-order valence-corrected chi connectivity index (χ4v) is 4.91. The maximum Gasteiger partial charge on any atom is 0.514 e. The van der Waals surface area contributed by atoms with E-state index in [0.29, 0.717) is 36.9 Å². The zero-order chi connectivity index (χ0) is 37.3. The monoisotopic (exact) mass is 708 g/mol. The Hall–Kier alpha value is -5.93. The van der Waals surface area contributed by atoms with E-state index in [2.05, 4.69) is 21.3 Å². The lowest BCUT2D eigenvalue weighted by Gasteiger charge is -2.25. The van der Waals surface area contributed by atoms with E-state index in [9.17, 15) is 38.7 Å². The summed E-state index contributed by atoms with van der Waals surface area (Å²) in [6, 6.07) is 9.27. The molecule has 1 heterocycles. The number of primary amides is 1. The van der Waals surface area contributed by atoms with Gasteiger partial charge in [-0.1, -0.05) is 32.4 Å². The van der Waals surface area contributed by atoms with Gasteiger partial charge in [0.2, 0.25) is 17.7 Å². The van der Waals surface area contributed by atoms with Crippen LogP contribution in [0.2, 0.25) is 0 Å². The number of aromatic hydroxyl groups is 1. The van der Waals surface area contributed by atoms with Crippen molar-refractivity contribution in [1.82, 2.24) is 20.9 Å². The van der Waals surface area contributed by atoms with Crippen LogP contribution in [0.5, 0.6) is 11.5 Å². The number of benzene rings is 2. The zero-order valence-electron chi connectivity index (χ0n) is 28.5. The van der Waals surface area contributed by atoms with Crippen LogP contribution in [0, 0.1) is 5.92 Å². The SMILES string of the molecule is CC(C)[C@@H](NC(=O)CCCCCN1C(=O)C=CC1=O)C(=O)N[C@H](CCCNC(N)=O)C(=O)Nc1ccc(COC(=O)Oc2ccc(O)cc2)cc1. The molecule has 274 valence electrons. The van der Waals surface area contributed by atoms with Crippen LogP contribution in [0.25, 0.3) is 0 Å². The van der Waals surface area contributed by atoms with E-state index in [1.165, 1.54) is 36.4 Å². The second kappa shape index (κ2) is 19.9. The summed E-state index contributed by atoms with van der Waals surface area (Å²) in [7, 11) is 0. The molecule has 0 saturated carbocycles. The largest absolute Gasteiger partial charge is 0.514 e. The predicted molar refractivity (Wildman–Crippen MR) is 184 cm³/mol. The summed E-state index contributed by atoms with van der Waals surface area (Å²) in [4.78, 5) is 87.0. The third-order valence-corrected chi connectivity index (χ3v) is 7.67. The minimum Gasteiger partial charge on any atom is -0.508 e. The Morgan fingerprint density at radius 2 is 1.51 bits per heavy atom. The number of nitrogens with two attached hydrogens (primary N) is 1. The highest BCUT2D eigenvalue weighted by molar-refractivity contribution is 6.12. The van der Waals surface area contributed by atoms with Crippen LogP contribution in [0.4, 0.5) is 15.3 Å². The molecule has 3 rings (SSSR count). The molecular formula is C35H44N6O10. The molecule has 0 spiro atoms. The van der Waals surface area contributed by atoms with Crippen LogP contribution in [-0.2, 0) is 35.3 Å². The Labute approximate surface area is 295 Å². The van der Waals surface area contributed by atoms with Crippen molar-refractivity contribution in [3.63, 3.8) is 0 Å². The number of carbonyl (C=O) groups is 7. The molecule has 1 aliphatic rings. The Morgan fingerprint density at radius 1 is 0.843 bits per heavy atom. The van der Waals surface area contributed by atoms with E-state index in [0.717, 1.165) is 4.90 Å². The highest BCUT2D eigenvalue weighted by Crippen LogP contribution is 2.17. The number of nitrogens with one attached hydrogen (secondary N) is 4. The van der Waals surface area contributed by atoms with Gasteiger partial charge in [-0.25, -0.2) is 9.59 Å². The number of hydrogen-bond donors (Lipinski definition) is 6. The fraction of sp³-hybridized carbons (Fsp3) is 0.400. The summed E-state index contributed by atoms with van der Waals surface area (Å²) in [5.41, 5.74) is 6.13. The van der Waals surface area contributed by atoms with Crippen molar-refractivity contribution in [2.45, 2.75) is 71.1 Å². The smallest absolute Gasteiger partial charge is 0.508 e. The maximum absolute atomic E-state index is 13.4. The van der Waals surface area contributed by atoms with Crippen molar-refractivity contribution in [2.75, 3.05) is 18.4 Å². The number of anilines is 1. The van der Waals surface area contributed by atoms with Crippen LogP contribution in [0.15, 0.2) is 60.7 Å². The summed E-state index contributed by atoms with van der Waals surface area (Å²) in [6.45, 7) is 3.83. The Morgan fingerprint density at radius 3 is 2.14 bits per heavy atom. The molecule has 0 aliphatic carbocycles. The van der Waals surface area contributed by atoms with Crippen LogP contribution in [0.1, 0.15) is 57.9 Å². The average molecular weight is 709 g/mol. The number of imide groups is 1. The molecule has 0 radical (unpaired) electrons. The van der Waals surface area contributed by atoms with E-state index in [1.807, 2.05) is 0 Å². The first-order chi connectivity index (χ1) is 24.3. The van der Waals surface area contributed by atoms with Gasteiger partial charge >= 0.3 is 12.2 Å². The van der Waals surface area contributed by atoms with E-state index >= 15 is 0 Å². The van der Waals surface area contributed by atoms with Crippen LogP contribution in [-0.4, -0.2) is 76.9 Å². The Bertz CT molecular complexity index is 1560. The van der Waals surface area contributed by atoms with Crippen LogP contribution < -0.4 is 31.7 Å². The maximum atomic E-state index is 13.4. The normalized spacial score (nSPS) is 13.4. The van der Waals surface area contributed by atoms with Crippen LogP contribution >= 0.6 is 0 Å². The van der Waals surface area contributed by atoms with Gasteiger partial charge in [0, 0.05) is 37.3 Å². The lowest BCUT2D eigenvalue weighted by molar-refractivity contribution is -0.137. The van der Waals surface area contributed by atoms with Crippen molar-refractivity contribution in [3.8, 4) is 11.5 Å². The molecule has 51 heavy (non-hydrogen) atoms. The van der Waals surface area contributed by atoms with Gasteiger partial charge in [0.25, 0.3) is 11.8 Å². The third-order valence-electron chi connectivity index (χ3n) is 7.67. The van der Waals surface area contributed by atoms with Gasteiger partial charge < -0.3 is 41.6 Å². The number of unbranched alkanes of at least 4 members (excludes halogenated alkanes) is 2. The molecule has 7 amide bonds. The summed E-state index contributed by atoms with van der Waals surface area (Å²) in [5, 5.41) is 20.0. The molecule has 2 aromatic rings. The van der Waals surface area contributed by atoms with Gasteiger partial charge in [0.15, 0.2) is 0 Å². The average Bonchev–Trinajstić information content (AvgIpc) is 3.41. The first-order valence-corrected chi connectivity index (χ1v) is 16.5.